The van der Waals surface area contributed by atoms with Crippen molar-refractivity contribution in [2.75, 3.05) is 0 Å². The first kappa shape index (κ1) is 19.0. The van der Waals surface area contributed by atoms with Crippen LogP contribution in [-0.2, 0) is 6.42 Å². The minimum absolute atomic E-state index is 0.572. The largest absolute Gasteiger partial charge is 0.0761 e. The molecule has 0 radical (unpaired) electrons. The molecule has 2 aliphatic rings. The maximum atomic E-state index is 2.39. The Morgan fingerprint density at radius 2 is 1.75 bits per heavy atom. The lowest BCUT2D eigenvalue weighted by Crippen LogP contribution is -2.01. The lowest BCUT2D eigenvalue weighted by atomic mass is 9.89. The van der Waals surface area contributed by atoms with Crippen molar-refractivity contribution in [3.8, 4) is 0 Å². The molecule has 2 aliphatic carbocycles. The van der Waals surface area contributed by atoms with Gasteiger partial charge in [-0.1, -0.05) is 82.3 Å². The van der Waals surface area contributed by atoms with Crippen LogP contribution in [-0.4, -0.2) is 0 Å². The topological polar surface area (TPSA) is 0 Å². The molecule has 0 nitrogen and oxygen atoms in total. The smallest absolute Gasteiger partial charge is 0.00502 e. The third-order valence-corrected chi connectivity index (χ3v) is 6.19. The Morgan fingerprint density at radius 3 is 2.46 bits per heavy atom. The van der Waals surface area contributed by atoms with Crippen molar-refractivity contribution in [3.63, 3.8) is 0 Å². The molecule has 0 saturated carbocycles. The Bertz CT molecular complexity index is 979. The summed E-state index contributed by atoms with van der Waals surface area (Å²) in [5.41, 5.74) is 11.3. The number of hydrogen-bond acceptors (Lipinski definition) is 0. The van der Waals surface area contributed by atoms with E-state index in [-0.39, 0.29) is 0 Å². The van der Waals surface area contributed by atoms with E-state index in [9.17, 15) is 0 Å². The van der Waals surface area contributed by atoms with Gasteiger partial charge in [-0.25, -0.2) is 0 Å². The highest BCUT2D eigenvalue weighted by Gasteiger charge is 2.21. The van der Waals surface area contributed by atoms with Crippen molar-refractivity contribution >= 4 is 17.2 Å². The van der Waals surface area contributed by atoms with Gasteiger partial charge in [-0.05, 0) is 82.2 Å². The number of hydrogen-bond donors (Lipinski definition) is 0. The Hall–Kier alpha value is -2.34. The third-order valence-electron chi connectivity index (χ3n) is 6.19. The molecule has 144 valence electrons. The summed E-state index contributed by atoms with van der Waals surface area (Å²) in [4.78, 5) is 0. The second kappa shape index (κ2) is 7.59. The molecule has 0 spiro atoms. The van der Waals surface area contributed by atoms with Gasteiger partial charge in [0.05, 0.1) is 0 Å². The van der Waals surface area contributed by atoms with Gasteiger partial charge >= 0.3 is 0 Å². The average Bonchev–Trinajstić information content (AvgIpc) is 3.29. The zero-order valence-electron chi connectivity index (χ0n) is 17.9. The summed E-state index contributed by atoms with van der Waals surface area (Å²) in [5, 5.41) is 0. The minimum Gasteiger partial charge on any atom is -0.0761 e. The Balaban J connectivity index is 1.56. The van der Waals surface area contributed by atoms with E-state index in [1.165, 1.54) is 44.5 Å². The van der Waals surface area contributed by atoms with Crippen LogP contribution in [0.25, 0.3) is 17.2 Å². The number of rotatable bonds is 5. The molecule has 2 aromatic rings. The molecule has 0 N–H and O–H groups in total. The number of benzene rings is 2. The van der Waals surface area contributed by atoms with Crippen molar-refractivity contribution in [3.05, 3.63) is 88.0 Å². The van der Waals surface area contributed by atoms with E-state index < -0.39 is 0 Å². The van der Waals surface area contributed by atoms with E-state index in [4.69, 9.17) is 0 Å². The normalized spacial score (nSPS) is 18.0. The Morgan fingerprint density at radius 1 is 0.964 bits per heavy atom. The number of aryl methyl sites for hydroxylation is 1. The fourth-order valence-electron chi connectivity index (χ4n) is 4.59. The van der Waals surface area contributed by atoms with Gasteiger partial charge in [0.1, 0.15) is 0 Å². The van der Waals surface area contributed by atoms with Crippen LogP contribution >= 0.6 is 0 Å². The zero-order chi connectivity index (χ0) is 19.8. The predicted molar refractivity (Wildman–Crippen MR) is 123 cm³/mol. The van der Waals surface area contributed by atoms with Crippen molar-refractivity contribution in [2.45, 2.75) is 53.4 Å². The van der Waals surface area contributed by atoms with E-state index in [1.807, 2.05) is 0 Å². The molecule has 0 aromatic heterocycles. The van der Waals surface area contributed by atoms with Gasteiger partial charge in [0.2, 0.25) is 0 Å². The lowest BCUT2D eigenvalue weighted by Gasteiger charge is -2.15. The Kier molecular flexibility index (Phi) is 5.15. The molecule has 0 fully saturated rings. The fraction of sp³-hybridized carbons (Fsp3) is 0.357. The average molecular weight is 369 g/mol. The first-order chi connectivity index (χ1) is 13.4. The highest BCUT2D eigenvalue weighted by Crippen LogP contribution is 2.39. The van der Waals surface area contributed by atoms with Crippen molar-refractivity contribution in [1.29, 1.82) is 0 Å². The first-order valence-corrected chi connectivity index (χ1v) is 10.8. The maximum Gasteiger partial charge on any atom is 0.00502 e. The van der Waals surface area contributed by atoms with Crippen LogP contribution in [0.15, 0.2) is 54.6 Å². The van der Waals surface area contributed by atoms with Gasteiger partial charge in [-0.3, -0.25) is 0 Å². The van der Waals surface area contributed by atoms with Gasteiger partial charge in [0.15, 0.2) is 0 Å². The van der Waals surface area contributed by atoms with Crippen LogP contribution in [0.3, 0.4) is 0 Å². The van der Waals surface area contributed by atoms with Gasteiger partial charge < -0.3 is 0 Å². The van der Waals surface area contributed by atoms with Crippen LogP contribution in [0.5, 0.6) is 0 Å². The van der Waals surface area contributed by atoms with E-state index in [2.05, 4.69) is 95.3 Å². The molecule has 0 heteroatoms. The van der Waals surface area contributed by atoms with Gasteiger partial charge in [0, 0.05) is 5.92 Å². The second-order valence-electron chi connectivity index (χ2n) is 9.25. The van der Waals surface area contributed by atoms with E-state index in [1.54, 1.807) is 0 Å². The van der Waals surface area contributed by atoms with Crippen LogP contribution < -0.4 is 0 Å². The predicted octanol–water partition coefficient (Wildman–Crippen LogP) is 7.83. The molecular formula is C28H32. The minimum atomic E-state index is 0.572. The monoisotopic (exact) mass is 368 g/mol. The van der Waals surface area contributed by atoms with E-state index in [0.717, 1.165) is 12.8 Å². The maximum absolute atomic E-state index is 2.39. The van der Waals surface area contributed by atoms with Crippen molar-refractivity contribution in [1.82, 2.24) is 0 Å². The molecule has 28 heavy (non-hydrogen) atoms. The SMILES string of the molecule is Cc1cc(C2=CCC(c3ccc4c(c3)C=CC4C(C)C)=C2)ccc1CC(C)C. The molecule has 0 aliphatic heterocycles. The van der Waals surface area contributed by atoms with E-state index >= 15 is 0 Å². The molecule has 1 unspecified atom stereocenters. The number of fused-ring (bicyclic) bond motifs is 1. The highest BCUT2D eigenvalue weighted by molar-refractivity contribution is 5.90. The number of allylic oxidation sites excluding steroid dienone is 5. The van der Waals surface area contributed by atoms with Crippen LogP contribution in [0, 0.1) is 18.8 Å². The molecule has 0 amide bonds. The van der Waals surface area contributed by atoms with Gasteiger partial charge in [-0.2, -0.15) is 0 Å². The van der Waals surface area contributed by atoms with Gasteiger partial charge in [-0.15, -0.1) is 0 Å². The Labute approximate surface area is 170 Å². The molecule has 0 saturated heterocycles. The fourth-order valence-corrected chi connectivity index (χ4v) is 4.59. The molecular weight excluding hydrogens is 336 g/mol. The summed E-state index contributed by atoms with van der Waals surface area (Å²) in [6, 6.07) is 14.0. The summed E-state index contributed by atoms with van der Waals surface area (Å²) in [7, 11) is 0. The standard InChI is InChI=1S/C28H32/c1-18(2)14-21-6-7-22(15-20(21)5)23-8-9-24(16-23)25-10-13-28-26(17-25)11-12-27(28)19(3)4/h6-8,10-13,15-19,27H,9,14H2,1-5H3. The molecule has 0 bridgehead atoms. The summed E-state index contributed by atoms with van der Waals surface area (Å²) in [6.45, 7) is 11.4. The highest BCUT2D eigenvalue weighted by atomic mass is 14.3. The van der Waals surface area contributed by atoms with Crippen LogP contribution in [0.1, 0.15) is 73.4 Å². The van der Waals surface area contributed by atoms with Crippen molar-refractivity contribution in [2.24, 2.45) is 11.8 Å². The van der Waals surface area contributed by atoms with Crippen molar-refractivity contribution < 1.29 is 0 Å². The first-order valence-electron chi connectivity index (χ1n) is 10.8. The summed E-state index contributed by atoms with van der Waals surface area (Å²) >= 11 is 0. The molecule has 1 atom stereocenters. The molecule has 0 heterocycles. The summed E-state index contributed by atoms with van der Waals surface area (Å²) in [5.74, 6) is 1.93. The third kappa shape index (κ3) is 3.65. The van der Waals surface area contributed by atoms with Crippen LogP contribution in [0.2, 0.25) is 0 Å². The second-order valence-corrected chi connectivity index (χ2v) is 9.25. The van der Waals surface area contributed by atoms with E-state index in [0.29, 0.717) is 17.8 Å². The molecule has 4 rings (SSSR count). The van der Waals surface area contributed by atoms with Crippen LogP contribution in [0.4, 0.5) is 0 Å². The summed E-state index contributed by atoms with van der Waals surface area (Å²) in [6.07, 6.45) is 11.6. The quantitative estimate of drug-likeness (QED) is 0.504. The molecule has 2 aromatic carbocycles. The zero-order valence-corrected chi connectivity index (χ0v) is 17.9. The lowest BCUT2D eigenvalue weighted by molar-refractivity contribution is 0.584. The summed E-state index contributed by atoms with van der Waals surface area (Å²) < 4.78 is 0. The van der Waals surface area contributed by atoms with Gasteiger partial charge in [0.25, 0.3) is 0 Å².